The van der Waals surface area contributed by atoms with Crippen molar-refractivity contribution >= 4 is 23.6 Å². The van der Waals surface area contributed by atoms with Gasteiger partial charge in [0.25, 0.3) is 0 Å². The number of rotatable bonds is 1. The van der Waals surface area contributed by atoms with Crippen LogP contribution in [0.1, 0.15) is 13.8 Å². The molecule has 2 atom stereocenters. The molecule has 2 rings (SSSR count). The lowest BCUT2D eigenvalue weighted by Gasteiger charge is -2.35. The minimum Gasteiger partial charge on any atom is -0.338 e. The Morgan fingerprint density at radius 3 is 2.82 bits per heavy atom. The summed E-state index contributed by atoms with van der Waals surface area (Å²) in [6.45, 7) is 5.94. The Morgan fingerprint density at radius 1 is 1.41 bits per heavy atom. The van der Waals surface area contributed by atoms with Gasteiger partial charge < -0.3 is 15.1 Å². The third-order valence-corrected chi connectivity index (χ3v) is 4.26. The molecule has 0 aromatic rings. The van der Waals surface area contributed by atoms with Crippen molar-refractivity contribution in [3.05, 3.63) is 0 Å². The molecule has 2 fully saturated rings. The molecule has 2 saturated heterocycles. The summed E-state index contributed by atoms with van der Waals surface area (Å²) in [7, 11) is 0. The first-order chi connectivity index (χ1) is 8.09. The molecule has 6 heteroatoms. The summed E-state index contributed by atoms with van der Waals surface area (Å²) in [5, 5.41) is 3.31. The van der Waals surface area contributed by atoms with Crippen molar-refractivity contribution in [2.75, 3.05) is 31.3 Å². The summed E-state index contributed by atoms with van der Waals surface area (Å²) in [4.78, 5) is 27.4. The largest absolute Gasteiger partial charge is 0.338 e. The highest BCUT2D eigenvalue weighted by Crippen LogP contribution is 2.22. The molecule has 17 heavy (non-hydrogen) atoms. The number of hydrogen-bond acceptors (Lipinski definition) is 4. The van der Waals surface area contributed by atoms with Crippen LogP contribution in [0.5, 0.6) is 0 Å². The van der Waals surface area contributed by atoms with Gasteiger partial charge in [-0.3, -0.25) is 9.59 Å². The van der Waals surface area contributed by atoms with E-state index in [4.69, 9.17) is 0 Å². The highest BCUT2D eigenvalue weighted by atomic mass is 32.2. The molecule has 0 spiro atoms. The normalized spacial score (nSPS) is 29.5. The van der Waals surface area contributed by atoms with Gasteiger partial charge in [0, 0.05) is 38.4 Å². The van der Waals surface area contributed by atoms with Crippen molar-refractivity contribution in [2.45, 2.75) is 25.9 Å². The zero-order chi connectivity index (χ0) is 12.4. The first-order valence-corrected chi connectivity index (χ1v) is 7.12. The van der Waals surface area contributed by atoms with Crippen LogP contribution < -0.4 is 5.32 Å². The lowest BCUT2D eigenvalue weighted by atomic mass is 10.2. The van der Waals surface area contributed by atoms with Gasteiger partial charge in [-0.25, -0.2) is 0 Å². The zero-order valence-electron chi connectivity index (χ0n) is 10.3. The van der Waals surface area contributed by atoms with Crippen molar-refractivity contribution in [3.63, 3.8) is 0 Å². The number of hydrogen-bond donors (Lipinski definition) is 1. The summed E-state index contributed by atoms with van der Waals surface area (Å²) in [6, 6.07) is 0.0929. The van der Waals surface area contributed by atoms with E-state index in [2.05, 4.69) is 12.2 Å². The predicted octanol–water partition coefficient (Wildman–Crippen LogP) is -0.272. The highest BCUT2D eigenvalue weighted by Gasteiger charge is 2.36. The van der Waals surface area contributed by atoms with Gasteiger partial charge in [0.05, 0.1) is 5.88 Å². The summed E-state index contributed by atoms with van der Waals surface area (Å²) in [5.41, 5.74) is 0. The molecular formula is C11H19N3O2S. The minimum absolute atomic E-state index is 0.00321. The molecule has 5 nitrogen and oxygen atoms in total. The van der Waals surface area contributed by atoms with E-state index in [0.29, 0.717) is 11.9 Å². The fourth-order valence-electron chi connectivity index (χ4n) is 2.30. The number of carbonyl (C=O) groups excluding carboxylic acids is 2. The molecule has 96 valence electrons. The van der Waals surface area contributed by atoms with E-state index in [0.717, 1.165) is 25.4 Å². The van der Waals surface area contributed by atoms with E-state index in [1.165, 1.54) is 6.92 Å². The average Bonchev–Trinajstić information content (AvgIpc) is 2.77. The summed E-state index contributed by atoms with van der Waals surface area (Å²) >= 11 is 1.65. The number of carbonyl (C=O) groups is 2. The number of nitrogens with one attached hydrogen (secondary N) is 1. The lowest BCUT2D eigenvalue weighted by Crippen LogP contribution is -2.56. The second-order valence-electron chi connectivity index (χ2n) is 4.64. The topological polar surface area (TPSA) is 52.7 Å². The fourth-order valence-corrected chi connectivity index (χ4v) is 3.51. The van der Waals surface area contributed by atoms with Gasteiger partial charge in [-0.05, 0) is 6.92 Å². The Hall–Kier alpha value is -0.750. The Morgan fingerprint density at radius 2 is 2.18 bits per heavy atom. The molecule has 0 bridgehead atoms. The third kappa shape index (κ3) is 2.74. The van der Waals surface area contributed by atoms with Gasteiger partial charge in [-0.1, -0.05) is 0 Å². The monoisotopic (exact) mass is 257 g/mol. The maximum atomic E-state index is 12.4. The molecule has 2 amide bonds. The predicted molar refractivity (Wildman–Crippen MR) is 67.7 cm³/mol. The van der Waals surface area contributed by atoms with Crippen LogP contribution in [-0.4, -0.2) is 65.0 Å². The van der Waals surface area contributed by atoms with Gasteiger partial charge in [-0.2, -0.15) is 0 Å². The first-order valence-electron chi connectivity index (χ1n) is 5.96. The van der Waals surface area contributed by atoms with Crippen LogP contribution in [0.2, 0.25) is 0 Å². The van der Waals surface area contributed by atoms with E-state index in [-0.39, 0.29) is 17.9 Å². The van der Waals surface area contributed by atoms with Crippen molar-refractivity contribution in [2.24, 2.45) is 0 Å². The molecular weight excluding hydrogens is 238 g/mol. The van der Waals surface area contributed by atoms with Gasteiger partial charge in [0.15, 0.2) is 0 Å². The Labute approximate surface area is 106 Å². The molecule has 0 unspecified atom stereocenters. The molecule has 0 aliphatic carbocycles. The molecule has 2 aliphatic rings. The van der Waals surface area contributed by atoms with Crippen molar-refractivity contribution in [1.82, 2.24) is 15.1 Å². The van der Waals surface area contributed by atoms with Crippen LogP contribution in [0.3, 0.4) is 0 Å². The number of amides is 2. The van der Waals surface area contributed by atoms with E-state index >= 15 is 0 Å². The van der Waals surface area contributed by atoms with Gasteiger partial charge in [0.2, 0.25) is 11.8 Å². The third-order valence-electron chi connectivity index (χ3n) is 3.25. The average molecular weight is 257 g/mol. The smallest absolute Gasteiger partial charge is 0.246 e. The van der Waals surface area contributed by atoms with Crippen LogP contribution in [0, 0.1) is 0 Å². The maximum Gasteiger partial charge on any atom is 0.246 e. The highest BCUT2D eigenvalue weighted by molar-refractivity contribution is 7.99. The van der Waals surface area contributed by atoms with Gasteiger partial charge >= 0.3 is 0 Å². The standard InChI is InChI=1S/C11H19N3O2S/c1-8-5-13(4-3-12-8)11(16)10-6-17-7-14(10)9(2)15/h8,10,12H,3-7H2,1-2H3/t8-,10+/m1/s1. The van der Waals surface area contributed by atoms with Crippen molar-refractivity contribution < 1.29 is 9.59 Å². The van der Waals surface area contributed by atoms with E-state index in [1.54, 1.807) is 16.7 Å². The number of thioether (sulfide) groups is 1. The van der Waals surface area contributed by atoms with Gasteiger partial charge in [-0.15, -0.1) is 11.8 Å². The van der Waals surface area contributed by atoms with Crippen LogP contribution in [0.4, 0.5) is 0 Å². The maximum absolute atomic E-state index is 12.4. The molecule has 0 saturated carbocycles. The second kappa shape index (κ2) is 5.27. The van der Waals surface area contributed by atoms with E-state index < -0.39 is 0 Å². The summed E-state index contributed by atoms with van der Waals surface area (Å²) < 4.78 is 0. The molecule has 1 N–H and O–H groups in total. The lowest BCUT2D eigenvalue weighted by molar-refractivity contribution is -0.143. The quantitative estimate of drug-likeness (QED) is 0.702. The van der Waals surface area contributed by atoms with Gasteiger partial charge in [0.1, 0.15) is 6.04 Å². The van der Waals surface area contributed by atoms with Crippen LogP contribution in [0.15, 0.2) is 0 Å². The van der Waals surface area contributed by atoms with Crippen LogP contribution in [-0.2, 0) is 9.59 Å². The van der Waals surface area contributed by atoms with Crippen molar-refractivity contribution in [3.8, 4) is 0 Å². The van der Waals surface area contributed by atoms with Crippen LogP contribution in [0.25, 0.3) is 0 Å². The Bertz CT molecular complexity index is 324. The molecule has 0 aromatic heterocycles. The fraction of sp³-hybridized carbons (Fsp3) is 0.818. The molecule has 0 radical (unpaired) electrons. The molecule has 2 heterocycles. The number of nitrogens with zero attached hydrogens (tertiary/aromatic N) is 2. The SMILES string of the molecule is CC(=O)N1CSC[C@H]1C(=O)N1CCN[C@H](C)C1. The number of piperazine rings is 1. The zero-order valence-corrected chi connectivity index (χ0v) is 11.1. The van der Waals surface area contributed by atoms with E-state index in [9.17, 15) is 9.59 Å². The van der Waals surface area contributed by atoms with Crippen LogP contribution >= 0.6 is 11.8 Å². The van der Waals surface area contributed by atoms with E-state index in [1.807, 2.05) is 4.90 Å². The Balaban J connectivity index is 2.01. The Kier molecular flexibility index (Phi) is 3.93. The first kappa shape index (κ1) is 12.7. The minimum atomic E-state index is -0.247. The molecule has 2 aliphatic heterocycles. The molecule has 0 aromatic carbocycles. The second-order valence-corrected chi connectivity index (χ2v) is 5.64. The summed E-state index contributed by atoms with van der Waals surface area (Å²) in [5.74, 6) is 1.49. The summed E-state index contributed by atoms with van der Waals surface area (Å²) in [6.07, 6.45) is 0. The van der Waals surface area contributed by atoms with Crippen molar-refractivity contribution in [1.29, 1.82) is 0 Å².